The molecule has 0 saturated heterocycles. The molecule has 0 aliphatic heterocycles. The van der Waals surface area contributed by atoms with E-state index in [2.05, 4.69) is 15.3 Å². The summed E-state index contributed by atoms with van der Waals surface area (Å²) in [4.78, 5) is 18.0. The molecule has 1 heterocycles. The Bertz CT molecular complexity index is 619. The molecule has 2 rings (SSSR count). The van der Waals surface area contributed by atoms with Gasteiger partial charge in [-0.2, -0.15) is 0 Å². The van der Waals surface area contributed by atoms with Crippen LogP contribution in [0.2, 0.25) is 0 Å². The fourth-order valence-corrected chi connectivity index (χ4v) is 1.51. The molecule has 0 spiro atoms. The fraction of sp³-hybridized carbons (Fsp3) is 0.167. The average Bonchev–Trinajstić information content (AvgIpc) is 2.41. The number of nitro groups is 1. The second-order valence-electron chi connectivity index (χ2n) is 3.88. The summed E-state index contributed by atoms with van der Waals surface area (Å²) in [6, 6.07) is 2.85. The molecular formula is C12H11FN4O3. The molecule has 0 unspecified atom stereocenters. The highest BCUT2D eigenvalue weighted by atomic mass is 19.1. The molecule has 8 heteroatoms. The van der Waals surface area contributed by atoms with E-state index < -0.39 is 10.7 Å². The first-order valence-corrected chi connectivity index (χ1v) is 5.67. The topological polar surface area (TPSA) is 90.2 Å². The number of rotatable bonds is 5. The minimum Gasteiger partial charge on any atom is -0.417 e. The summed E-state index contributed by atoms with van der Waals surface area (Å²) in [5.41, 5.74) is 0.475. The Labute approximate surface area is 113 Å². The first-order chi connectivity index (χ1) is 9.60. The molecule has 1 aromatic heterocycles. The highest BCUT2D eigenvalue weighted by molar-refractivity contribution is 5.47. The van der Waals surface area contributed by atoms with Crippen LogP contribution in [0.25, 0.3) is 0 Å². The highest BCUT2D eigenvalue weighted by Crippen LogP contribution is 2.30. The highest BCUT2D eigenvalue weighted by Gasteiger charge is 2.17. The first-order valence-electron chi connectivity index (χ1n) is 5.67. The van der Waals surface area contributed by atoms with Gasteiger partial charge >= 0.3 is 11.7 Å². The monoisotopic (exact) mass is 278 g/mol. The third-order valence-electron chi connectivity index (χ3n) is 2.38. The lowest BCUT2D eigenvalue weighted by Crippen LogP contribution is -2.06. The van der Waals surface area contributed by atoms with E-state index in [0.29, 0.717) is 6.54 Å². The SMILES string of the molecule is CNCc1cnc(Oc2cc(F)ccc2[N+](=O)[O-])nc1. The lowest BCUT2D eigenvalue weighted by atomic mass is 10.3. The van der Waals surface area contributed by atoms with Crippen molar-refractivity contribution in [2.24, 2.45) is 0 Å². The summed E-state index contributed by atoms with van der Waals surface area (Å²) in [5.74, 6) is -0.881. The van der Waals surface area contributed by atoms with Crippen molar-refractivity contribution in [3.63, 3.8) is 0 Å². The number of nitro benzene ring substituents is 1. The first kappa shape index (κ1) is 13.8. The molecule has 2 aromatic rings. The van der Waals surface area contributed by atoms with Gasteiger partial charge in [0.2, 0.25) is 5.75 Å². The van der Waals surface area contributed by atoms with Crippen molar-refractivity contribution in [2.75, 3.05) is 7.05 Å². The third-order valence-corrected chi connectivity index (χ3v) is 2.38. The number of aromatic nitrogens is 2. The number of benzene rings is 1. The summed E-state index contributed by atoms with van der Waals surface area (Å²) in [6.45, 7) is 0.584. The van der Waals surface area contributed by atoms with Crippen LogP contribution in [0.5, 0.6) is 11.8 Å². The van der Waals surface area contributed by atoms with Gasteiger partial charge < -0.3 is 10.1 Å². The molecule has 0 aliphatic carbocycles. The van der Waals surface area contributed by atoms with E-state index >= 15 is 0 Å². The summed E-state index contributed by atoms with van der Waals surface area (Å²) >= 11 is 0. The summed E-state index contributed by atoms with van der Waals surface area (Å²) < 4.78 is 18.3. The van der Waals surface area contributed by atoms with Crippen LogP contribution in [0.1, 0.15) is 5.56 Å². The Morgan fingerprint density at radius 2 is 2.10 bits per heavy atom. The molecule has 7 nitrogen and oxygen atoms in total. The van der Waals surface area contributed by atoms with Crippen molar-refractivity contribution < 1.29 is 14.1 Å². The number of ether oxygens (including phenoxy) is 1. The lowest BCUT2D eigenvalue weighted by Gasteiger charge is -2.05. The number of nitrogens with zero attached hydrogens (tertiary/aromatic N) is 3. The molecule has 20 heavy (non-hydrogen) atoms. The van der Waals surface area contributed by atoms with Gasteiger partial charge in [0, 0.05) is 36.6 Å². The largest absolute Gasteiger partial charge is 0.417 e. The lowest BCUT2D eigenvalue weighted by molar-refractivity contribution is -0.385. The molecule has 0 bridgehead atoms. The minimum atomic E-state index is -0.663. The zero-order valence-electron chi connectivity index (χ0n) is 10.5. The van der Waals surface area contributed by atoms with Gasteiger partial charge in [0.1, 0.15) is 5.82 Å². The van der Waals surface area contributed by atoms with Crippen LogP contribution in [-0.4, -0.2) is 21.9 Å². The second kappa shape index (κ2) is 6.02. The third kappa shape index (κ3) is 3.23. The Morgan fingerprint density at radius 3 is 2.70 bits per heavy atom. The maximum absolute atomic E-state index is 13.1. The van der Waals surface area contributed by atoms with Gasteiger partial charge in [-0.25, -0.2) is 14.4 Å². The molecule has 1 aromatic carbocycles. The zero-order chi connectivity index (χ0) is 14.5. The molecule has 0 saturated carbocycles. The normalized spacial score (nSPS) is 10.3. The van der Waals surface area contributed by atoms with E-state index in [1.807, 2.05) is 0 Å². The quantitative estimate of drug-likeness (QED) is 0.664. The molecule has 0 atom stereocenters. The van der Waals surface area contributed by atoms with Crippen LogP contribution in [-0.2, 0) is 6.54 Å². The van der Waals surface area contributed by atoms with Gasteiger partial charge in [0.15, 0.2) is 0 Å². The van der Waals surface area contributed by atoms with E-state index in [9.17, 15) is 14.5 Å². The van der Waals surface area contributed by atoms with Crippen molar-refractivity contribution in [3.05, 3.63) is 52.1 Å². The van der Waals surface area contributed by atoms with Crippen molar-refractivity contribution in [3.8, 4) is 11.8 Å². The summed E-state index contributed by atoms with van der Waals surface area (Å²) in [7, 11) is 1.78. The molecule has 0 fully saturated rings. The summed E-state index contributed by atoms with van der Waals surface area (Å²) in [6.07, 6.45) is 3.04. The van der Waals surface area contributed by atoms with E-state index in [-0.39, 0.29) is 17.4 Å². The van der Waals surface area contributed by atoms with Gasteiger partial charge in [0.05, 0.1) is 4.92 Å². The Hall–Kier alpha value is -2.61. The smallest absolute Gasteiger partial charge is 0.322 e. The van der Waals surface area contributed by atoms with Crippen molar-refractivity contribution in [1.82, 2.24) is 15.3 Å². The zero-order valence-corrected chi connectivity index (χ0v) is 10.5. The molecule has 104 valence electrons. The van der Waals surface area contributed by atoms with Crippen molar-refractivity contribution in [1.29, 1.82) is 0 Å². The number of nitrogens with one attached hydrogen (secondary N) is 1. The predicted octanol–water partition coefficient (Wildman–Crippen LogP) is 2.04. The Balaban J connectivity index is 2.25. The van der Waals surface area contributed by atoms with Crippen LogP contribution in [0.15, 0.2) is 30.6 Å². The predicted molar refractivity (Wildman–Crippen MR) is 67.9 cm³/mol. The second-order valence-corrected chi connectivity index (χ2v) is 3.88. The van der Waals surface area contributed by atoms with Gasteiger partial charge in [-0.1, -0.05) is 0 Å². The average molecular weight is 278 g/mol. The van der Waals surface area contributed by atoms with Gasteiger partial charge in [-0.05, 0) is 13.1 Å². The molecular weight excluding hydrogens is 267 g/mol. The molecule has 0 aliphatic rings. The van der Waals surface area contributed by atoms with E-state index in [0.717, 1.165) is 23.8 Å². The number of halogens is 1. The van der Waals surface area contributed by atoms with Crippen LogP contribution >= 0.6 is 0 Å². The maximum atomic E-state index is 13.1. The van der Waals surface area contributed by atoms with Crippen LogP contribution in [0, 0.1) is 15.9 Å². The van der Waals surface area contributed by atoms with Crippen molar-refractivity contribution >= 4 is 5.69 Å². The number of hydrogen-bond acceptors (Lipinski definition) is 6. The molecule has 1 N–H and O–H groups in total. The van der Waals surface area contributed by atoms with Gasteiger partial charge in [0.25, 0.3) is 0 Å². The van der Waals surface area contributed by atoms with Crippen LogP contribution in [0.4, 0.5) is 10.1 Å². The standard InChI is InChI=1S/C12H11FN4O3/c1-14-5-8-6-15-12(16-7-8)20-11-4-9(13)2-3-10(11)17(18)19/h2-4,6-7,14H,5H2,1H3. The van der Waals surface area contributed by atoms with Crippen LogP contribution < -0.4 is 10.1 Å². The molecule has 0 radical (unpaired) electrons. The number of hydrogen-bond donors (Lipinski definition) is 1. The van der Waals surface area contributed by atoms with E-state index in [1.54, 1.807) is 7.05 Å². The Kier molecular flexibility index (Phi) is 4.16. The molecule has 0 amide bonds. The Morgan fingerprint density at radius 1 is 1.40 bits per heavy atom. The van der Waals surface area contributed by atoms with Gasteiger partial charge in [-0.15, -0.1) is 0 Å². The van der Waals surface area contributed by atoms with E-state index in [4.69, 9.17) is 4.74 Å². The van der Waals surface area contributed by atoms with Crippen LogP contribution in [0.3, 0.4) is 0 Å². The minimum absolute atomic E-state index is 0.0847. The summed E-state index contributed by atoms with van der Waals surface area (Å²) in [5, 5.41) is 13.7. The maximum Gasteiger partial charge on any atom is 0.322 e. The van der Waals surface area contributed by atoms with Gasteiger partial charge in [-0.3, -0.25) is 10.1 Å². The van der Waals surface area contributed by atoms with Crippen molar-refractivity contribution in [2.45, 2.75) is 6.54 Å². The fourth-order valence-electron chi connectivity index (χ4n) is 1.51. The van der Waals surface area contributed by atoms with E-state index in [1.165, 1.54) is 12.4 Å².